The number of rotatable bonds is 4. The Hall–Kier alpha value is -2.77. The van der Waals surface area contributed by atoms with Crippen molar-refractivity contribution in [1.82, 2.24) is 15.2 Å². The molecule has 0 unspecified atom stereocenters. The maximum Gasteiger partial charge on any atom is 0.295 e. The molecule has 0 aliphatic carbocycles. The molecule has 1 aromatic carbocycles. The molecule has 1 aromatic heterocycles. The molecule has 0 atom stereocenters. The van der Waals surface area contributed by atoms with Crippen molar-refractivity contribution in [3.8, 4) is 0 Å². The van der Waals surface area contributed by atoms with Crippen molar-refractivity contribution < 1.29 is 9.72 Å². The highest BCUT2D eigenvalue weighted by Crippen LogP contribution is 2.22. The van der Waals surface area contributed by atoms with Gasteiger partial charge < -0.3 is 5.32 Å². The smallest absolute Gasteiger partial charge is 0.295 e. The van der Waals surface area contributed by atoms with Crippen LogP contribution in [0.5, 0.6) is 0 Å². The van der Waals surface area contributed by atoms with Crippen LogP contribution >= 0.6 is 0 Å². The van der Waals surface area contributed by atoms with Gasteiger partial charge in [-0.3, -0.25) is 20.0 Å². The highest BCUT2D eigenvalue weighted by atomic mass is 16.6. The van der Waals surface area contributed by atoms with Crippen LogP contribution in [-0.4, -0.2) is 26.0 Å². The summed E-state index contributed by atoms with van der Waals surface area (Å²) < 4.78 is 0. The normalized spacial score (nSPS) is 10.3. The monoisotopic (exact) mass is 275 g/mol. The molecule has 20 heavy (non-hydrogen) atoms. The van der Waals surface area contributed by atoms with Crippen LogP contribution < -0.4 is 5.32 Å². The Morgan fingerprint density at radius 2 is 2.25 bits per heavy atom. The third-order valence-corrected chi connectivity index (χ3v) is 2.73. The molecule has 2 rings (SSSR count). The molecule has 0 bridgehead atoms. The summed E-state index contributed by atoms with van der Waals surface area (Å²) in [4.78, 5) is 26.2. The largest absolute Gasteiger partial charge is 0.319 e. The Balaban J connectivity index is 2.19. The number of benzene rings is 1. The first kappa shape index (κ1) is 13.7. The molecular weight excluding hydrogens is 262 g/mol. The van der Waals surface area contributed by atoms with Crippen molar-refractivity contribution in [2.24, 2.45) is 0 Å². The second-order valence-electron chi connectivity index (χ2n) is 4.17. The van der Waals surface area contributed by atoms with Crippen LogP contribution in [0.1, 0.15) is 28.9 Å². The fourth-order valence-corrected chi connectivity index (χ4v) is 1.63. The SMILES string of the molecule is CCc1nc(C(=O)Nc2ccc(C)c([N+](=O)[O-])c2)n[nH]1. The van der Waals surface area contributed by atoms with Gasteiger partial charge in [0.25, 0.3) is 11.6 Å². The highest BCUT2D eigenvalue weighted by molar-refractivity contribution is 6.01. The lowest BCUT2D eigenvalue weighted by molar-refractivity contribution is -0.385. The van der Waals surface area contributed by atoms with Crippen LogP contribution in [0.2, 0.25) is 0 Å². The van der Waals surface area contributed by atoms with Crippen LogP contribution in [0.4, 0.5) is 11.4 Å². The number of anilines is 1. The van der Waals surface area contributed by atoms with E-state index in [0.29, 0.717) is 23.5 Å². The highest BCUT2D eigenvalue weighted by Gasteiger charge is 2.15. The summed E-state index contributed by atoms with van der Waals surface area (Å²) in [6, 6.07) is 4.47. The van der Waals surface area contributed by atoms with Gasteiger partial charge in [-0.2, -0.15) is 0 Å². The summed E-state index contributed by atoms with van der Waals surface area (Å²) in [5.74, 6) is 0.0919. The third kappa shape index (κ3) is 2.79. The summed E-state index contributed by atoms with van der Waals surface area (Å²) in [7, 11) is 0. The number of nitrogens with one attached hydrogen (secondary N) is 2. The zero-order valence-corrected chi connectivity index (χ0v) is 11.0. The van der Waals surface area contributed by atoms with Crippen LogP contribution in [0.3, 0.4) is 0 Å². The van der Waals surface area contributed by atoms with Gasteiger partial charge in [-0.25, -0.2) is 4.98 Å². The summed E-state index contributed by atoms with van der Waals surface area (Å²) >= 11 is 0. The first-order chi connectivity index (χ1) is 9.51. The third-order valence-electron chi connectivity index (χ3n) is 2.73. The molecule has 0 aliphatic rings. The fraction of sp³-hybridized carbons (Fsp3) is 0.250. The Morgan fingerprint density at radius 3 is 2.85 bits per heavy atom. The molecule has 0 radical (unpaired) electrons. The molecular formula is C12H13N5O3. The fourth-order valence-electron chi connectivity index (χ4n) is 1.63. The number of aromatic nitrogens is 3. The van der Waals surface area contributed by atoms with E-state index in [1.54, 1.807) is 19.1 Å². The van der Waals surface area contributed by atoms with Crippen LogP contribution in [-0.2, 0) is 6.42 Å². The molecule has 2 aromatic rings. The zero-order chi connectivity index (χ0) is 14.7. The Bertz CT molecular complexity index is 665. The van der Waals surface area contributed by atoms with Crippen molar-refractivity contribution in [2.75, 3.05) is 5.32 Å². The van der Waals surface area contributed by atoms with Gasteiger partial charge in [0.05, 0.1) is 4.92 Å². The van der Waals surface area contributed by atoms with Gasteiger partial charge in [-0.05, 0) is 13.0 Å². The number of H-pyrrole nitrogens is 1. The van der Waals surface area contributed by atoms with E-state index in [2.05, 4.69) is 20.5 Å². The number of aromatic amines is 1. The number of carbonyl (C=O) groups is 1. The molecule has 1 amide bonds. The van der Waals surface area contributed by atoms with Gasteiger partial charge in [-0.15, -0.1) is 5.10 Å². The summed E-state index contributed by atoms with van der Waals surface area (Å²) in [5, 5.41) is 19.8. The molecule has 0 saturated carbocycles. The van der Waals surface area contributed by atoms with Gasteiger partial charge in [0.2, 0.25) is 5.82 Å². The van der Waals surface area contributed by atoms with Crippen molar-refractivity contribution in [3.05, 3.63) is 45.5 Å². The predicted molar refractivity (Wildman–Crippen MR) is 71.5 cm³/mol. The van der Waals surface area contributed by atoms with Crippen LogP contribution in [0.25, 0.3) is 0 Å². The number of hydrogen-bond acceptors (Lipinski definition) is 5. The summed E-state index contributed by atoms with van der Waals surface area (Å²) in [6.45, 7) is 3.51. The molecule has 8 heteroatoms. The van der Waals surface area contributed by atoms with Gasteiger partial charge in [-0.1, -0.05) is 13.0 Å². The van der Waals surface area contributed by atoms with Crippen molar-refractivity contribution in [1.29, 1.82) is 0 Å². The standard InChI is InChI=1S/C12H13N5O3/c1-3-10-14-11(16-15-10)12(18)13-8-5-4-7(2)9(6-8)17(19)20/h4-6H,3H2,1-2H3,(H,13,18)(H,14,15,16). The van der Waals surface area contributed by atoms with Gasteiger partial charge in [0, 0.05) is 23.7 Å². The molecule has 104 valence electrons. The molecule has 0 saturated heterocycles. The molecule has 0 aliphatic heterocycles. The predicted octanol–water partition coefficient (Wildman–Crippen LogP) is 1.84. The average molecular weight is 275 g/mol. The van der Waals surface area contributed by atoms with E-state index in [1.165, 1.54) is 6.07 Å². The van der Waals surface area contributed by atoms with Gasteiger partial charge >= 0.3 is 0 Å². The first-order valence-electron chi connectivity index (χ1n) is 5.99. The average Bonchev–Trinajstić information content (AvgIpc) is 2.89. The number of hydrogen-bond donors (Lipinski definition) is 2. The summed E-state index contributed by atoms with van der Waals surface area (Å²) in [5.41, 5.74) is 0.807. The number of nitro groups is 1. The van der Waals surface area contributed by atoms with E-state index in [-0.39, 0.29) is 11.5 Å². The van der Waals surface area contributed by atoms with Crippen molar-refractivity contribution in [3.63, 3.8) is 0 Å². The van der Waals surface area contributed by atoms with E-state index in [1.807, 2.05) is 6.92 Å². The minimum absolute atomic E-state index is 0.00470. The Morgan fingerprint density at radius 1 is 1.50 bits per heavy atom. The number of aryl methyl sites for hydroxylation is 2. The number of carbonyl (C=O) groups excluding carboxylic acids is 1. The lowest BCUT2D eigenvalue weighted by Crippen LogP contribution is -2.14. The second kappa shape index (κ2) is 5.47. The Kier molecular flexibility index (Phi) is 3.74. The minimum Gasteiger partial charge on any atom is -0.319 e. The number of nitro benzene ring substituents is 1. The second-order valence-corrected chi connectivity index (χ2v) is 4.17. The lowest BCUT2D eigenvalue weighted by Gasteiger charge is -2.03. The van der Waals surface area contributed by atoms with Crippen molar-refractivity contribution in [2.45, 2.75) is 20.3 Å². The topological polar surface area (TPSA) is 114 Å². The molecule has 2 N–H and O–H groups in total. The Labute approximate surface area is 114 Å². The van der Waals surface area contributed by atoms with E-state index in [0.717, 1.165) is 0 Å². The minimum atomic E-state index is -0.515. The molecule has 0 fully saturated rings. The molecule has 0 spiro atoms. The van der Waals surface area contributed by atoms with Gasteiger partial charge in [0.1, 0.15) is 5.82 Å². The zero-order valence-electron chi connectivity index (χ0n) is 11.0. The van der Waals surface area contributed by atoms with E-state index in [9.17, 15) is 14.9 Å². The molecule has 8 nitrogen and oxygen atoms in total. The van der Waals surface area contributed by atoms with E-state index >= 15 is 0 Å². The first-order valence-corrected chi connectivity index (χ1v) is 5.99. The van der Waals surface area contributed by atoms with E-state index in [4.69, 9.17) is 0 Å². The van der Waals surface area contributed by atoms with E-state index < -0.39 is 10.8 Å². The van der Waals surface area contributed by atoms with Gasteiger partial charge in [0.15, 0.2) is 0 Å². The number of amides is 1. The van der Waals surface area contributed by atoms with Crippen LogP contribution in [0, 0.1) is 17.0 Å². The maximum atomic E-state index is 11.9. The molecule has 1 heterocycles. The van der Waals surface area contributed by atoms with Crippen molar-refractivity contribution >= 4 is 17.3 Å². The quantitative estimate of drug-likeness (QED) is 0.652. The van der Waals surface area contributed by atoms with Crippen LogP contribution in [0.15, 0.2) is 18.2 Å². The number of nitrogens with zero attached hydrogens (tertiary/aromatic N) is 3. The summed E-state index contributed by atoms with van der Waals surface area (Å²) in [6.07, 6.45) is 0.635. The maximum absolute atomic E-state index is 11.9. The lowest BCUT2D eigenvalue weighted by atomic mass is 10.2.